The first-order valence-electron chi connectivity index (χ1n) is 6.32. The summed E-state index contributed by atoms with van der Waals surface area (Å²) in [5.41, 5.74) is -0.896. The number of hydrogen-bond acceptors (Lipinski definition) is 3. The number of nitrogens with one attached hydrogen (secondary N) is 1. The molecule has 0 spiro atoms. The van der Waals surface area contributed by atoms with Crippen molar-refractivity contribution in [2.75, 3.05) is 25.0 Å². The molecule has 0 saturated heterocycles. The van der Waals surface area contributed by atoms with Gasteiger partial charge in [0.05, 0.1) is 12.1 Å². The maximum absolute atomic E-state index is 12.7. The van der Waals surface area contributed by atoms with Gasteiger partial charge in [0.15, 0.2) is 0 Å². The van der Waals surface area contributed by atoms with Crippen molar-refractivity contribution >= 4 is 23.3 Å². The summed E-state index contributed by atoms with van der Waals surface area (Å²) < 4.78 is 38.1. The molecule has 1 amide bonds. The number of halogens is 4. The van der Waals surface area contributed by atoms with E-state index >= 15 is 0 Å². The number of amides is 1. The molecule has 118 valence electrons. The van der Waals surface area contributed by atoms with E-state index in [-0.39, 0.29) is 23.4 Å². The molecule has 0 aliphatic rings. The monoisotopic (exact) mass is 323 g/mol. The predicted octanol–water partition coefficient (Wildman–Crippen LogP) is 2.96. The Balaban J connectivity index is 2.80. The van der Waals surface area contributed by atoms with E-state index in [1.807, 2.05) is 13.8 Å². The number of alkyl halides is 3. The number of aromatic nitrogens is 1. The van der Waals surface area contributed by atoms with Crippen molar-refractivity contribution in [3.05, 3.63) is 22.8 Å². The minimum atomic E-state index is -4.51. The van der Waals surface area contributed by atoms with Crippen LogP contribution in [0.3, 0.4) is 0 Å². The molecule has 1 heterocycles. The number of hydrogen-bond donors (Lipinski definition) is 1. The van der Waals surface area contributed by atoms with Gasteiger partial charge in [0.2, 0.25) is 5.91 Å². The Kier molecular flexibility index (Phi) is 5.83. The Morgan fingerprint density at radius 1 is 1.43 bits per heavy atom. The molecule has 8 heteroatoms. The Morgan fingerprint density at radius 3 is 2.57 bits per heavy atom. The van der Waals surface area contributed by atoms with Crippen molar-refractivity contribution in [3.8, 4) is 0 Å². The minimum absolute atomic E-state index is 0.00507. The molecule has 0 aliphatic heterocycles. The fraction of sp³-hybridized carbons (Fsp3) is 0.538. The molecule has 4 nitrogen and oxygen atoms in total. The first-order chi connectivity index (χ1) is 9.59. The zero-order chi connectivity index (χ0) is 16.2. The fourth-order valence-electron chi connectivity index (χ4n) is 1.51. The lowest BCUT2D eigenvalue weighted by atomic mass is 10.2. The number of anilines is 1. The number of nitrogens with zero attached hydrogens (tertiary/aromatic N) is 2. The average molecular weight is 324 g/mol. The van der Waals surface area contributed by atoms with Crippen LogP contribution in [0.25, 0.3) is 0 Å². The van der Waals surface area contributed by atoms with Crippen molar-refractivity contribution < 1.29 is 18.0 Å². The molecule has 1 N–H and O–H groups in total. The summed E-state index contributed by atoms with van der Waals surface area (Å²) >= 11 is 5.60. The number of carbonyl (C=O) groups excluding carboxylic acids is 1. The van der Waals surface area contributed by atoms with E-state index in [9.17, 15) is 18.0 Å². The molecule has 0 saturated carbocycles. The normalized spacial score (nSPS) is 11.6. The van der Waals surface area contributed by atoms with Crippen LogP contribution < -0.4 is 10.2 Å². The molecule has 0 aliphatic carbocycles. The highest BCUT2D eigenvalue weighted by molar-refractivity contribution is 6.29. The molecule has 1 aromatic rings. The zero-order valence-electron chi connectivity index (χ0n) is 12.0. The molecular formula is C13H17ClF3N3O. The van der Waals surface area contributed by atoms with E-state index in [1.165, 1.54) is 11.9 Å². The Morgan fingerprint density at radius 2 is 2.05 bits per heavy atom. The van der Waals surface area contributed by atoms with Crippen molar-refractivity contribution in [2.45, 2.75) is 20.0 Å². The lowest BCUT2D eigenvalue weighted by molar-refractivity contribution is -0.137. The van der Waals surface area contributed by atoms with Crippen LogP contribution in [-0.4, -0.2) is 31.0 Å². The van der Waals surface area contributed by atoms with Crippen molar-refractivity contribution in [1.29, 1.82) is 0 Å². The standard InChI is InChI=1S/C13H17ClF3N3O/c1-8(2)6-18-12(21)7-20(3)11-5-9(13(15,16)17)4-10(14)19-11/h4-5,8H,6-7H2,1-3H3,(H,18,21). The largest absolute Gasteiger partial charge is 0.416 e. The first-order valence-corrected chi connectivity index (χ1v) is 6.70. The van der Waals surface area contributed by atoms with Crippen LogP contribution in [-0.2, 0) is 11.0 Å². The third kappa shape index (κ3) is 5.79. The lowest BCUT2D eigenvalue weighted by Gasteiger charge is -2.19. The Hall–Kier alpha value is -1.50. The van der Waals surface area contributed by atoms with Crippen LogP contribution in [0, 0.1) is 5.92 Å². The van der Waals surface area contributed by atoms with Gasteiger partial charge in [-0.1, -0.05) is 25.4 Å². The topological polar surface area (TPSA) is 45.2 Å². The van der Waals surface area contributed by atoms with Crippen LogP contribution in [0.15, 0.2) is 12.1 Å². The van der Waals surface area contributed by atoms with Gasteiger partial charge in [-0.15, -0.1) is 0 Å². The van der Waals surface area contributed by atoms with Gasteiger partial charge < -0.3 is 10.2 Å². The summed E-state index contributed by atoms with van der Waals surface area (Å²) in [5, 5.41) is 2.41. The fourth-order valence-corrected chi connectivity index (χ4v) is 1.72. The smallest absolute Gasteiger partial charge is 0.354 e. The Bertz CT molecular complexity index is 506. The molecule has 1 rings (SSSR count). The lowest BCUT2D eigenvalue weighted by Crippen LogP contribution is -2.37. The SMILES string of the molecule is CC(C)CNC(=O)CN(C)c1cc(C(F)(F)F)cc(Cl)n1. The van der Waals surface area contributed by atoms with Crippen molar-refractivity contribution in [2.24, 2.45) is 5.92 Å². The van der Waals surface area contributed by atoms with Gasteiger partial charge in [0.1, 0.15) is 11.0 Å². The Labute approximate surface area is 126 Å². The number of pyridine rings is 1. The van der Waals surface area contributed by atoms with Crippen LogP contribution >= 0.6 is 11.6 Å². The van der Waals surface area contributed by atoms with E-state index in [2.05, 4.69) is 10.3 Å². The summed E-state index contributed by atoms with van der Waals surface area (Å²) in [5.74, 6) is -0.00330. The highest BCUT2D eigenvalue weighted by atomic mass is 35.5. The molecule has 21 heavy (non-hydrogen) atoms. The molecule has 0 fully saturated rings. The van der Waals surface area contributed by atoms with Crippen LogP contribution in [0.5, 0.6) is 0 Å². The highest BCUT2D eigenvalue weighted by Gasteiger charge is 2.32. The summed E-state index contributed by atoms with van der Waals surface area (Å²) in [4.78, 5) is 16.8. The van der Waals surface area contributed by atoms with Gasteiger partial charge >= 0.3 is 6.18 Å². The van der Waals surface area contributed by atoms with E-state index in [0.29, 0.717) is 12.5 Å². The number of rotatable bonds is 5. The number of likely N-dealkylation sites (N-methyl/N-ethyl adjacent to an activating group) is 1. The maximum atomic E-state index is 12.7. The quantitative estimate of drug-likeness (QED) is 0.847. The van der Waals surface area contributed by atoms with E-state index in [0.717, 1.165) is 12.1 Å². The third-order valence-electron chi connectivity index (χ3n) is 2.59. The second kappa shape index (κ2) is 6.98. The van der Waals surface area contributed by atoms with E-state index in [4.69, 9.17) is 11.6 Å². The first kappa shape index (κ1) is 17.6. The van der Waals surface area contributed by atoms with Gasteiger partial charge in [-0.3, -0.25) is 4.79 Å². The molecule has 0 atom stereocenters. The van der Waals surface area contributed by atoms with E-state index < -0.39 is 11.7 Å². The third-order valence-corrected chi connectivity index (χ3v) is 2.78. The van der Waals surface area contributed by atoms with Gasteiger partial charge in [-0.2, -0.15) is 13.2 Å². The molecule has 0 bridgehead atoms. The maximum Gasteiger partial charge on any atom is 0.416 e. The molecule has 0 radical (unpaired) electrons. The van der Waals surface area contributed by atoms with Crippen LogP contribution in [0.2, 0.25) is 5.15 Å². The van der Waals surface area contributed by atoms with Gasteiger partial charge in [-0.05, 0) is 18.1 Å². The van der Waals surface area contributed by atoms with Crippen LogP contribution in [0.4, 0.5) is 19.0 Å². The predicted molar refractivity (Wildman–Crippen MR) is 75.4 cm³/mol. The summed E-state index contributed by atoms with van der Waals surface area (Å²) in [6.07, 6.45) is -4.51. The molecule has 0 aromatic carbocycles. The van der Waals surface area contributed by atoms with Gasteiger partial charge in [0.25, 0.3) is 0 Å². The van der Waals surface area contributed by atoms with E-state index in [1.54, 1.807) is 0 Å². The molecule has 1 aromatic heterocycles. The summed E-state index contributed by atoms with van der Waals surface area (Å²) in [6, 6.07) is 1.61. The van der Waals surface area contributed by atoms with Gasteiger partial charge in [0, 0.05) is 13.6 Å². The highest BCUT2D eigenvalue weighted by Crippen LogP contribution is 2.32. The number of carbonyl (C=O) groups is 1. The zero-order valence-corrected chi connectivity index (χ0v) is 12.7. The summed E-state index contributed by atoms with van der Waals surface area (Å²) in [7, 11) is 1.48. The van der Waals surface area contributed by atoms with Crippen molar-refractivity contribution in [1.82, 2.24) is 10.3 Å². The van der Waals surface area contributed by atoms with Crippen molar-refractivity contribution in [3.63, 3.8) is 0 Å². The van der Waals surface area contributed by atoms with Crippen LogP contribution in [0.1, 0.15) is 19.4 Å². The molecule has 0 unspecified atom stereocenters. The average Bonchev–Trinajstić information content (AvgIpc) is 2.34. The second-order valence-corrected chi connectivity index (χ2v) is 5.48. The minimum Gasteiger partial charge on any atom is -0.354 e. The molecular weight excluding hydrogens is 307 g/mol. The second-order valence-electron chi connectivity index (χ2n) is 5.09. The van der Waals surface area contributed by atoms with Gasteiger partial charge in [-0.25, -0.2) is 4.98 Å². The summed E-state index contributed by atoms with van der Waals surface area (Å²) in [6.45, 7) is 4.29.